The standard InChI is InChI=1S/C13H15N3O3S2/c1-6-7(2)19-13(15-6)21-8(3)11(18)16-12-9(10(14)17)4-5-20-12/h4-5,8H,1-3H3,(H2,14,17)(H,16,18). The van der Waals surface area contributed by atoms with Gasteiger partial charge in [0.25, 0.3) is 11.1 Å². The van der Waals surface area contributed by atoms with Gasteiger partial charge in [-0.2, -0.15) is 0 Å². The molecule has 2 amide bonds. The summed E-state index contributed by atoms with van der Waals surface area (Å²) in [7, 11) is 0. The zero-order valence-electron chi connectivity index (χ0n) is 11.8. The van der Waals surface area contributed by atoms with Crippen LogP contribution in [0.2, 0.25) is 0 Å². The molecule has 0 aliphatic carbocycles. The number of amides is 2. The summed E-state index contributed by atoms with van der Waals surface area (Å²) in [5.74, 6) is -0.0661. The first-order valence-electron chi connectivity index (χ1n) is 6.17. The van der Waals surface area contributed by atoms with Crippen LogP contribution >= 0.6 is 23.1 Å². The molecular formula is C13H15N3O3S2. The molecule has 0 aliphatic heterocycles. The second-order valence-electron chi connectivity index (χ2n) is 4.40. The summed E-state index contributed by atoms with van der Waals surface area (Å²) in [6.07, 6.45) is 0. The number of nitrogens with one attached hydrogen (secondary N) is 1. The number of hydrogen-bond donors (Lipinski definition) is 2. The lowest BCUT2D eigenvalue weighted by atomic mass is 10.3. The highest BCUT2D eigenvalue weighted by atomic mass is 32.2. The van der Waals surface area contributed by atoms with Gasteiger partial charge in [-0.1, -0.05) is 11.8 Å². The zero-order chi connectivity index (χ0) is 15.6. The minimum Gasteiger partial charge on any atom is -0.437 e. The second-order valence-corrected chi connectivity index (χ2v) is 6.61. The number of primary amides is 1. The molecule has 0 fully saturated rings. The van der Waals surface area contributed by atoms with E-state index in [1.165, 1.54) is 23.1 Å². The zero-order valence-corrected chi connectivity index (χ0v) is 13.4. The lowest BCUT2D eigenvalue weighted by molar-refractivity contribution is -0.115. The Morgan fingerprint density at radius 3 is 2.76 bits per heavy atom. The summed E-state index contributed by atoms with van der Waals surface area (Å²) in [5, 5.41) is 4.90. The number of nitrogens with two attached hydrogens (primary N) is 1. The van der Waals surface area contributed by atoms with Crippen LogP contribution in [0.5, 0.6) is 0 Å². The van der Waals surface area contributed by atoms with Gasteiger partial charge in [0.1, 0.15) is 10.8 Å². The fourth-order valence-electron chi connectivity index (χ4n) is 1.51. The summed E-state index contributed by atoms with van der Waals surface area (Å²) in [6.45, 7) is 5.41. The molecular weight excluding hydrogens is 310 g/mol. The van der Waals surface area contributed by atoms with Crippen molar-refractivity contribution < 1.29 is 14.0 Å². The Balaban J connectivity index is 2.02. The second kappa shape index (κ2) is 6.31. The molecule has 3 N–H and O–H groups in total. The molecule has 2 rings (SSSR count). The van der Waals surface area contributed by atoms with Crippen LogP contribution < -0.4 is 11.1 Å². The van der Waals surface area contributed by atoms with Crippen LogP contribution in [0.1, 0.15) is 28.7 Å². The molecule has 0 saturated heterocycles. The summed E-state index contributed by atoms with van der Waals surface area (Å²) in [5.41, 5.74) is 6.36. The lowest BCUT2D eigenvalue weighted by Crippen LogP contribution is -2.23. The highest BCUT2D eigenvalue weighted by Gasteiger charge is 2.20. The summed E-state index contributed by atoms with van der Waals surface area (Å²) in [4.78, 5) is 27.6. The normalized spacial score (nSPS) is 12.1. The molecule has 8 heteroatoms. The maximum absolute atomic E-state index is 12.1. The maximum atomic E-state index is 12.1. The predicted octanol–water partition coefficient (Wildman–Crippen LogP) is 2.57. The molecule has 0 aromatic carbocycles. The Bertz CT molecular complexity index is 659. The Kier molecular flexibility index (Phi) is 4.69. The number of anilines is 1. The van der Waals surface area contributed by atoms with Crippen LogP contribution in [-0.4, -0.2) is 22.0 Å². The van der Waals surface area contributed by atoms with E-state index in [2.05, 4.69) is 10.3 Å². The fraction of sp³-hybridized carbons (Fsp3) is 0.308. The number of hydrogen-bond acceptors (Lipinski definition) is 6. The van der Waals surface area contributed by atoms with Gasteiger partial charge in [-0.15, -0.1) is 11.3 Å². The van der Waals surface area contributed by atoms with Crippen molar-refractivity contribution in [3.63, 3.8) is 0 Å². The monoisotopic (exact) mass is 325 g/mol. The van der Waals surface area contributed by atoms with Gasteiger partial charge in [0.2, 0.25) is 5.91 Å². The number of thioether (sulfide) groups is 1. The van der Waals surface area contributed by atoms with Gasteiger partial charge in [0, 0.05) is 0 Å². The number of rotatable bonds is 5. The summed E-state index contributed by atoms with van der Waals surface area (Å²) in [6, 6.07) is 1.58. The van der Waals surface area contributed by atoms with Crippen LogP contribution in [0.25, 0.3) is 0 Å². The number of oxazole rings is 1. The van der Waals surface area contributed by atoms with E-state index in [0.717, 1.165) is 11.5 Å². The third-order valence-corrected chi connectivity index (χ3v) is 4.60. The molecule has 2 heterocycles. The van der Waals surface area contributed by atoms with Crippen molar-refractivity contribution in [3.8, 4) is 0 Å². The quantitative estimate of drug-likeness (QED) is 0.823. The Morgan fingerprint density at radius 1 is 1.48 bits per heavy atom. The average molecular weight is 325 g/mol. The summed E-state index contributed by atoms with van der Waals surface area (Å²) >= 11 is 2.48. The van der Waals surface area contributed by atoms with E-state index in [1.54, 1.807) is 18.4 Å². The van der Waals surface area contributed by atoms with Gasteiger partial charge in [0.05, 0.1) is 16.5 Å². The molecule has 2 aromatic rings. The number of aryl methyl sites for hydroxylation is 2. The van der Waals surface area contributed by atoms with Crippen LogP contribution in [0.3, 0.4) is 0 Å². The molecule has 1 unspecified atom stereocenters. The molecule has 0 bridgehead atoms. The van der Waals surface area contributed by atoms with Crippen LogP contribution in [-0.2, 0) is 4.79 Å². The van der Waals surface area contributed by atoms with Crippen molar-refractivity contribution in [1.82, 2.24) is 4.98 Å². The highest BCUT2D eigenvalue weighted by molar-refractivity contribution is 8.00. The van der Waals surface area contributed by atoms with Crippen LogP contribution in [0, 0.1) is 13.8 Å². The average Bonchev–Trinajstić information content (AvgIpc) is 2.97. The van der Waals surface area contributed by atoms with Crippen LogP contribution in [0.15, 0.2) is 21.1 Å². The molecule has 2 aromatic heterocycles. The SMILES string of the molecule is Cc1nc(SC(C)C(=O)Nc2sccc2C(N)=O)oc1C. The largest absolute Gasteiger partial charge is 0.437 e. The number of carbonyl (C=O) groups is 2. The number of carbonyl (C=O) groups excluding carboxylic acids is 2. The van der Waals surface area contributed by atoms with E-state index in [9.17, 15) is 9.59 Å². The van der Waals surface area contributed by atoms with E-state index in [0.29, 0.717) is 15.8 Å². The van der Waals surface area contributed by atoms with Gasteiger partial charge in [0.15, 0.2) is 0 Å². The minimum atomic E-state index is -0.564. The third kappa shape index (κ3) is 3.64. The molecule has 1 atom stereocenters. The first-order chi connectivity index (χ1) is 9.88. The first-order valence-corrected chi connectivity index (χ1v) is 7.93. The van der Waals surface area contributed by atoms with Gasteiger partial charge >= 0.3 is 0 Å². The minimum absolute atomic E-state index is 0.238. The highest BCUT2D eigenvalue weighted by Crippen LogP contribution is 2.27. The van der Waals surface area contributed by atoms with Crippen molar-refractivity contribution >= 4 is 39.9 Å². The van der Waals surface area contributed by atoms with Gasteiger partial charge < -0.3 is 15.5 Å². The van der Waals surface area contributed by atoms with E-state index in [-0.39, 0.29) is 5.91 Å². The van der Waals surface area contributed by atoms with Gasteiger partial charge in [-0.25, -0.2) is 4.98 Å². The van der Waals surface area contributed by atoms with E-state index in [1.807, 2.05) is 13.8 Å². The predicted molar refractivity (Wildman–Crippen MR) is 82.8 cm³/mol. The molecule has 0 spiro atoms. The molecule has 0 aliphatic rings. The van der Waals surface area contributed by atoms with Crippen LogP contribution in [0.4, 0.5) is 5.00 Å². The molecule has 21 heavy (non-hydrogen) atoms. The Hall–Kier alpha value is -1.80. The van der Waals surface area contributed by atoms with Crippen molar-refractivity contribution in [1.29, 1.82) is 0 Å². The summed E-state index contributed by atoms with van der Waals surface area (Å²) < 4.78 is 5.43. The number of thiophene rings is 1. The fourth-order valence-corrected chi connectivity index (χ4v) is 3.14. The van der Waals surface area contributed by atoms with Gasteiger partial charge in [-0.05, 0) is 32.2 Å². The third-order valence-electron chi connectivity index (χ3n) is 2.82. The molecule has 112 valence electrons. The van der Waals surface area contributed by atoms with E-state index < -0.39 is 11.2 Å². The first kappa shape index (κ1) is 15.6. The Labute approximate surface area is 130 Å². The Morgan fingerprint density at radius 2 is 2.19 bits per heavy atom. The van der Waals surface area contributed by atoms with Crippen molar-refractivity contribution in [2.75, 3.05) is 5.32 Å². The molecule has 6 nitrogen and oxygen atoms in total. The maximum Gasteiger partial charge on any atom is 0.256 e. The molecule has 0 radical (unpaired) electrons. The molecule has 0 saturated carbocycles. The van der Waals surface area contributed by atoms with Crippen molar-refractivity contribution in [2.24, 2.45) is 5.73 Å². The van der Waals surface area contributed by atoms with Crippen molar-refractivity contribution in [3.05, 3.63) is 28.5 Å². The van der Waals surface area contributed by atoms with Gasteiger partial charge in [-0.3, -0.25) is 9.59 Å². The smallest absolute Gasteiger partial charge is 0.256 e. The lowest BCUT2D eigenvalue weighted by Gasteiger charge is -2.09. The van der Waals surface area contributed by atoms with Crippen molar-refractivity contribution in [2.45, 2.75) is 31.2 Å². The topological polar surface area (TPSA) is 98.2 Å². The van der Waals surface area contributed by atoms with E-state index in [4.69, 9.17) is 10.2 Å². The number of nitrogens with zero attached hydrogens (tertiary/aromatic N) is 1. The van der Waals surface area contributed by atoms with E-state index >= 15 is 0 Å². The number of aromatic nitrogens is 1.